The van der Waals surface area contributed by atoms with Crippen molar-refractivity contribution in [2.45, 2.75) is 13.0 Å². The number of hydrogen-bond acceptors (Lipinski definition) is 6. The summed E-state index contributed by atoms with van der Waals surface area (Å²) in [6.45, 7) is 1.30. The first-order valence-electron chi connectivity index (χ1n) is 7.82. The number of hydrogen-bond donors (Lipinski definition) is 2. The van der Waals surface area contributed by atoms with Gasteiger partial charge in [-0.2, -0.15) is 0 Å². The summed E-state index contributed by atoms with van der Waals surface area (Å²) in [5.74, 6) is -3.71. The summed E-state index contributed by atoms with van der Waals surface area (Å²) >= 11 is 0. The van der Waals surface area contributed by atoms with Crippen LogP contribution in [-0.2, 0) is 9.47 Å². The maximum Gasteiger partial charge on any atom is 0.338 e. The Morgan fingerprint density at radius 3 is 1.96 bits per heavy atom. The van der Waals surface area contributed by atoms with Crippen LogP contribution in [0.3, 0.4) is 0 Å². The van der Waals surface area contributed by atoms with E-state index in [0.29, 0.717) is 0 Å². The van der Waals surface area contributed by atoms with E-state index >= 15 is 0 Å². The monoisotopic (exact) mass is 372 g/mol. The molecule has 0 saturated carbocycles. The van der Waals surface area contributed by atoms with Crippen molar-refractivity contribution in [3.05, 3.63) is 70.8 Å². The Bertz CT molecular complexity index is 870. The van der Waals surface area contributed by atoms with Gasteiger partial charge >= 0.3 is 23.9 Å². The number of carboxylic acid groups (broad SMARTS) is 2. The predicted molar refractivity (Wildman–Crippen MR) is 92.0 cm³/mol. The Morgan fingerprint density at radius 1 is 0.815 bits per heavy atom. The van der Waals surface area contributed by atoms with Gasteiger partial charge < -0.3 is 19.7 Å². The highest BCUT2D eigenvalue weighted by Crippen LogP contribution is 2.10. The van der Waals surface area contributed by atoms with Crippen LogP contribution in [-0.4, -0.2) is 46.8 Å². The van der Waals surface area contributed by atoms with E-state index in [1.807, 2.05) is 0 Å². The second kappa shape index (κ2) is 8.61. The number of carboxylic acids is 2. The Hall–Kier alpha value is -3.68. The summed E-state index contributed by atoms with van der Waals surface area (Å²) < 4.78 is 10.2. The molecule has 8 nitrogen and oxygen atoms in total. The van der Waals surface area contributed by atoms with Crippen molar-refractivity contribution in [2.75, 3.05) is 6.61 Å². The van der Waals surface area contributed by atoms with Crippen LogP contribution in [0.5, 0.6) is 0 Å². The first-order chi connectivity index (χ1) is 12.8. The zero-order chi connectivity index (χ0) is 20.0. The topological polar surface area (TPSA) is 127 Å². The van der Waals surface area contributed by atoms with Crippen LogP contribution in [0.2, 0.25) is 0 Å². The van der Waals surface area contributed by atoms with Gasteiger partial charge in [0.05, 0.1) is 22.3 Å². The molecule has 2 rings (SSSR count). The molecule has 0 aliphatic carbocycles. The van der Waals surface area contributed by atoms with E-state index < -0.39 is 30.0 Å². The number of esters is 2. The molecular formula is C19H16O8. The smallest absolute Gasteiger partial charge is 0.338 e. The first kappa shape index (κ1) is 19.6. The van der Waals surface area contributed by atoms with Crippen LogP contribution < -0.4 is 0 Å². The first-order valence-corrected chi connectivity index (χ1v) is 7.82. The lowest BCUT2D eigenvalue weighted by molar-refractivity contribution is 0.00447. The van der Waals surface area contributed by atoms with Gasteiger partial charge in [0.2, 0.25) is 0 Å². The van der Waals surface area contributed by atoms with E-state index in [0.717, 1.165) is 0 Å². The van der Waals surface area contributed by atoms with E-state index in [9.17, 15) is 19.2 Å². The van der Waals surface area contributed by atoms with Crippen molar-refractivity contribution in [1.29, 1.82) is 0 Å². The molecule has 8 heteroatoms. The van der Waals surface area contributed by atoms with Gasteiger partial charge in [-0.15, -0.1) is 0 Å². The molecule has 0 fully saturated rings. The minimum absolute atomic E-state index is 0.0393. The number of rotatable bonds is 7. The molecule has 0 aliphatic rings. The quantitative estimate of drug-likeness (QED) is 0.710. The molecule has 1 unspecified atom stereocenters. The Labute approximate surface area is 154 Å². The normalized spacial score (nSPS) is 11.3. The summed E-state index contributed by atoms with van der Waals surface area (Å²) in [4.78, 5) is 45.7. The van der Waals surface area contributed by atoms with E-state index in [1.54, 1.807) is 0 Å². The van der Waals surface area contributed by atoms with Crippen LogP contribution in [0.25, 0.3) is 0 Å². The van der Waals surface area contributed by atoms with Gasteiger partial charge in [0.15, 0.2) is 0 Å². The summed E-state index contributed by atoms with van der Waals surface area (Å²) in [7, 11) is 0. The third kappa shape index (κ3) is 5.40. The molecule has 0 spiro atoms. The van der Waals surface area contributed by atoms with Crippen molar-refractivity contribution in [2.24, 2.45) is 0 Å². The van der Waals surface area contributed by atoms with Crippen LogP contribution in [0.4, 0.5) is 0 Å². The van der Waals surface area contributed by atoms with Gasteiger partial charge in [0.1, 0.15) is 12.7 Å². The van der Waals surface area contributed by atoms with Crippen LogP contribution in [0.1, 0.15) is 48.4 Å². The van der Waals surface area contributed by atoms with Gasteiger partial charge in [-0.1, -0.05) is 6.07 Å². The second-order valence-corrected chi connectivity index (χ2v) is 5.58. The summed E-state index contributed by atoms with van der Waals surface area (Å²) in [5.41, 5.74) is 0.218. The van der Waals surface area contributed by atoms with Crippen molar-refractivity contribution >= 4 is 23.9 Å². The molecule has 1 atom stereocenters. The van der Waals surface area contributed by atoms with Crippen molar-refractivity contribution in [1.82, 2.24) is 0 Å². The fourth-order valence-electron chi connectivity index (χ4n) is 2.09. The minimum atomic E-state index is -1.17. The van der Waals surface area contributed by atoms with Gasteiger partial charge in [-0.3, -0.25) is 0 Å². The molecule has 2 aromatic carbocycles. The molecule has 0 aromatic heterocycles. The fourth-order valence-corrected chi connectivity index (χ4v) is 2.09. The zero-order valence-corrected chi connectivity index (χ0v) is 14.2. The maximum atomic E-state index is 12.0. The third-order valence-electron chi connectivity index (χ3n) is 3.47. The average molecular weight is 372 g/mol. The van der Waals surface area contributed by atoms with E-state index in [2.05, 4.69) is 0 Å². The molecule has 0 radical (unpaired) electrons. The zero-order valence-electron chi connectivity index (χ0n) is 14.2. The Morgan fingerprint density at radius 2 is 1.37 bits per heavy atom. The second-order valence-electron chi connectivity index (χ2n) is 5.58. The summed E-state index contributed by atoms with van der Waals surface area (Å²) in [6, 6.07) is 10.6. The number of carbonyl (C=O) groups excluding carboxylic acids is 2. The van der Waals surface area contributed by atoms with Gasteiger partial charge in [0.25, 0.3) is 0 Å². The molecular weight excluding hydrogens is 356 g/mol. The largest absolute Gasteiger partial charge is 0.478 e. The average Bonchev–Trinajstić information content (AvgIpc) is 2.66. The van der Waals surface area contributed by atoms with Crippen molar-refractivity contribution in [3.63, 3.8) is 0 Å². The minimum Gasteiger partial charge on any atom is -0.478 e. The van der Waals surface area contributed by atoms with Crippen molar-refractivity contribution < 1.29 is 38.9 Å². The van der Waals surface area contributed by atoms with Crippen LogP contribution in [0, 0.1) is 0 Å². The van der Waals surface area contributed by atoms with E-state index in [-0.39, 0.29) is 28.9 Å². The van der Waals surface area contributed by atoms with E-state index in [1.165, 1.54) is 55.5 Å². The number of aromatic carboxylic acids is 2. The molecule has 0 heterocycles. The SMILES string of the molecule is CC(COC(=O)c1ccc(C(=O)O)cc1)OC(=O)c1cccc(C(=O)O)c1. The molecule has 0 amide bonds. The lowest BCUT2D eigenvalue weighted by Gasteiger charge is -2.14. The highest BCUT2D eigenvalue weighted by atomic mass is 16.6. The van der Waals surface area contributed by atoms with Gasteiger partial charge in [0, 0.05) is 0 Å². The predicted octanol–water partition coefficient (Wildman–Crippen LogP) is 2.49. The van der Waals surface area contributed by atoms with Crippen LogP contribution in [0.15, 0.2) is 48.5 Å². The molecule has 0 bridgehead atoms. The van der Waals surface area contributed by atoms with Gasteiger partial charge in [-0.05, 0) is 49.4 Å². The fraction of sp³-hybridized carbons (Fsp3) is 0.158. The molecule has 2 N–H and O–H groups in total. The number of carbonyl (C=O) groups is 4. The summed E-state index contributed by atoms with van der Waals surface area (Å²) in [5, 5.41) is 17.8. The highest BCUT2D eigenvalue weighted by Gasteiger charge is 2.16. The summed E-state index contributed by atoms with van der Waals surface area (Å²) in [6.07, 6.45) is -0.770. The maximum absolute atomic E-state index is 12.0. The third-order valence-corrected chi connectivity index (χ3v) is 3.47. The lowest BCUT2D eigenvalue weighted by atomic mass is 10.1. The Balaban J connectivity index is 1.89. The van der Waals surface area contributed by atoms with Crippen molar-refractivity contribution in [3.8, 4) is 0 Å². The molecule has 140 valence electrons. The molecule has 2 aromatic rings. The molecule has 27 heavy (non-hydrogen) atoms. The standard InChI is InChI=1S/C19H16O8/c1-11(27-19(25)15-4-2-3-14(9-15)17(22)23)10-26-18(24)13-7-5-12(6-8-13)16(20)21/h2-9,11H,10H2,1H3,(H,20,21)(H,22,23). The number of ether oxygens (including phenoxy) is 2. The van der Waals surface area contributed by atoms with Gasteiger partial charge in [-0.25, -0.2) is 19.2 Å². The van der Waals surface area contributed by atoms with Crippen LogP contribution >= 0.6 is 0 Å². The lowest BCUT2D eigenvalue weighted by Crippen LogP contribution is -2.22. The Kier molecular flexibility index (Phi) is 6.27. The molecule has 0 aliphatic heterocycles. The highest BCUT2D eigenvalue weighted by molar-refractivity contribution is 5.95. The number of benzene rings is 2. The molecule has 0 saturated heterocycles. The van der Waals surface area contributed by atoms with E-state index in [4.69, 9.17) is 19.7 Å².